The van der Waals surface area contributed by atoms with Gasteiger partial charge in [-0.3, -0.25) is 0 Å². The van der Waals surface area contributed by atoms with Crippen molar-refractivity contribution in [1.82, 2.24) is 4.31 Å². The van der Waals surface area contributed by atoms with E-state index in [2.05, 4.69) is 15.9 Å². The van der Waals surface area contributed by atoms with Crippen LogP contribution in [0.15, 0.2) is 27.6 Å². The van der Waals surface area contributed by atoms with Crippen LogP contribution in [0.4, 0.5) is 0 Å². The minimum atomic E-state index is -3.57. The summed E-state index contributed by atoms with van der Waals surface area (Å²) in [5, 5.41) is 10.4. The minimum absolute atomic E-state index is 0.154. The zero-order valence-electron chi connectivity index (χ0n) is 11.8. The summed E-state index contributed by atoms with van der Waals surface area (Å²) in [6.45, 7) is 1.93. The fourth-order valence-corrected chi connectivity index (χ4v) is 4.72. The highest BCUT2D eigenvalue weighted by atomic mass is 79.9. The first-order valence-corrected chi connectivity index (χ1v) is 8.93. The topological polar surface area (TPSA) is 57.6 Å². The van der Waals surface area contributed by atoms with Gasteiger partial charge in [0.05, 0.1) is 10.5 Å². The van der Waals surface area contributed by atoms with E-state index in [1.807, 2.05) is 6.07 Å². The standard InChI is InChI=1S/C14H20BrNO3S/c1-11-5-6-12(15)9-13(11)20(18,19)16(2)10-14(17)7-3-4-8-14/h5-6,9,17H,3-4,7-8,10H2,1-2H3. The molecule has 0 spiro atoms. The maximum atomic E-state index is 12.6. The largest absolute Gasteiger partial charge is 0.389 e. The predicted octanol–water partition coefficient (Wildman–Crippen LogP) is 2.68. The van der Waals surface area contributed by atoms with E-state index in [4.69, 9.17) is 0 Å². The van der Waals surface area contributed by atoms with Crippen molar-refractivity contribution < 1.29 is 13.5 Å². The van der Waals surface area contributed by atoms with Gasteiger partial charge in [-0.25, -0.2) is 8.42 Å². The Morgan fingerprint density at radius 2 is 1.95 bits per heavy atom. The summed E-state index contributed by atoms with van der Waals surface area (Å²) in [6.07, 6.45) is 3.26. The molecular formula is C14H20BrNO3S. The lowest BCUT2D eigenvalue weighted by Crippen LogP contribution is -2.42. The number of halogens is 1. The molecule has 0 unspecified atom stereocenters. The molecule has 0 radical (unpaired) electrons. The molecule has 0 atom stereocenters. The second-order valence-corrected chi connectivity index (χ2v) is 8.53. The van der Waals surface area contributed by atoms with Gasteiger partial charge in [-0.1, -0.05) is 34.8 Å². The lowest BCUT2D eigenvalue weighted by Gasteiger charge is -2.28. The zero-order chi connectivity index (χ0) is 15.0. The van der Waals surface area contributed by atoms with E-state index in [1.54, 1.807) is 19.1 Å². The van der Waals surface area contributed by atoms with E-state index in [0.717, 1.165) is 17.3 Å². The van der Waals surface area contributed by atoms with Crippen LogP contribution in [0.1, 0.15) is 31.2 Å². The monoisotopic (exact) mass is 361 g/mol. The molecule has 1 saturated carbocycles. The highest BCUT2D eigenvalue weighted by molar-refractivity contribution is 9.10. The van der Waals surface area contributed by atoms with Gasteiger partial charge in [-0.15, -0.1) is 0 Å². The summed E-state index contributed by atoms with van der Waals surface area (Å²) in [4.78, 5) is 0.288. The lowest BCUT2D eigenvalue weighted by molar-refractivity contribution is 0.0333. The van der Waals surface area contributed by atoms with Crippen LogP contribution in [-0.4, -0.2) is 37.0 Å². The number of sulfonamides is 1. The van der Waals surface area contributed by atoms with Gasteiger partial charge in [0.2, 0.25) is 10.0 Å². The second-order valence-electron chi connectivity index (χ2n) is 5.60. The van der Waals surface area contributed by atoms with Gasteiger partial charge in [0.15, 0.2) is 0 Å². The Bertz CT molecular complexity index is 594. The first kappa shape index (κ1) is 15.9. The fraction of sp³-hybridized carbons (Fsp3) is 0.571. The molecule has 0 heterocycles. The molecule has 2 rings (SSSR count). The highest BCUT2D eigenvalue weighted by Gasteiger charge is 2.36. The summed E-state index contributed by atoms with van der Waals surface area (Å²) in [6, 6.07) is 5.20. The van der Waals surface area contributed by atoms with E-state index >= 15 is 0 Å². The van der Waals surface area contributed by atoms with Crippen molar-refractivity contribution >= 4 is 26.0 Å². The van der Waals surface area contributed by atoms with Crippen LogP contribution in [0.25, 0.3) is 0 Å². The molecule has 1 aromatic carbocycles. The number of nitrogens with zero attached hydrogens (tertiary/aromatic N) is 1. The maximum absolute atomic E-state index is 12.6. The van der Waals surface area contributed by atoms with Gasteiger partial charge in [0.1, 0.15) is 0 Å². The Morgan fingerprint density at radius 1 is 1.35 bits per heavy atom. The molecule has 0 bridgehead atoms. The molecule has 0 aliphatic heterocycles. The van der Waals surface area contributed by atoms with Gasteiger partial charge in [0, 0.05) is 18.1 Å². The third-order valence-corrected chi connectivity index (χ3v) is 6.33. The number of rotatable bonds is 4. The molecule has 1 fully saturated rings. The number of aliphatic hydroxyl groups is 1. The third-order valence-electron chi connectivity index (χ3n) is 3.89. The smallest absolute Gasteiger partial charge is 0.243 e. The van der Waals surface area contributed by atoms with Gasteiger partial charge < -0.3 is 5.11 Å². The Morgan fingerprint density at radius 3 is 2.55 bits per heavy atom. The highest BCUT2D eigenvalue weighted by Crippen LogP contribution is 2.32. The van der Waals surface area contributed by atoms with Gasteiger partial charge in [-0.05, 0) is 37.5 Å². The van der Waals surface area contributed by atoms with Crippen molar-refractivity contribution in [3.8, 4) is 0 Å². The molecule has 1 aliphatic carbocycles. The van der Waals surface area contributed by atoms with Crippen molar-refractivity contribution in [3.63, 3.8) is 0 Å². The summed E-state index contributed by atoms with van der Waals surface area (Å²) in [5.41, 5.74) is -0.166. The maximum Gasteiger partial charge on any atom is 0.243 e. The molecule has 4 nitrogen and oxygen atoms in total. The van der Waals surface area contributed by atoms with Crippen molar-refractivity contribution in [2.75, 3.05) is 13.6 Å². The average Bonchev–Trinajstić information content (AvgIpc) is 2.78. The van der Waals surface area contributed by atoms with E-state index < -0.39 is 15.6 Å². The Kier molecular flexibility index (Phi) is 4.59. The predicted molar refractivity (Wildman–Crippen MR) is 82.1 cm³/mol. The summed E-state index contributed by atoms with van der Waals surface area (Å²) < 4.78 is 27.3. The zero-order valence-corrected chi connectivity index (χ0v) is 14.2. The van der Waals surface area contributed by atoms with Crippen LogP contribution in [0, 0.1) is 6.92 Å². The molecule has 6 heteroatoms. The number of likely N-dealkylation sites (N-methyl/N-ethyl adjacent to an activating group) is 1. The first-order valence-electron chi connectivity index (χ1n) is 6.69. The van der Waals surface area contributed by atoms with E-state index in [9.17, 15) is 13.5 Å². The number of hydrogen-bond acceptors (Lipinski definition) is 3. The lowest BCUT2D eigenvalue weighted by atomic mass is 10.0. The Balaban J connectivity index is 2.27. The summed E-state index contributed by atoms with van der Waals surface area (Å²) >= 11 is 3.30. The molecule has 112 valence electrons. The van der Waals surface area contributed by atoms with Crippen LogP contribution in [0.3, 0.4) is 0 Å². The summed E-state index contributed by atoms with van der Waals surface area (Å²) in [7, 11) is -2.04. The molecular weight excluding hydrogens is 342 g/mol. The molecule has 0 amide bonds. The number of aryl methyl sites for hydroxylation is 1. The fourth-order valence-electron chi connectivity index (χ4n) is 2.71. The van der Waals surface area contributed by atoms with E-state index in [1.165, 1.54) is 11.4 Å². The Hall–Kier alpha value is -0.430. The van der Waals surface area contributed by atoms with Crippen LogP contribution < -0.4 is 0 Å². The van der Waals surface area contributed by atoms with Crippen molar-refractivity contribution in [2.45, 2.75) is 43.1 Å². The van der Waals surface area contributed by atoms with Crippen molar-refractivity contribution in [1.29, 1.82) is 0 Å². The van der Waals surface area contributed by atoms with Crippen LogP contribution in [-0.2, 0) is 10.0 Å². The number of hydrogen-bond donors (Lipinski definition) is 1. The van der Waals surface area contributed by atoms with E-state index in [-0.39, 0.29) is 11.4 Å². The molecule has 1 aliphatic rings. The van der Waals surface area contributed by atoms with Crippen LogP contribution in [0.2, 0.25) is 0 Å². The van der Waals surface area contributed by atoms with Gasteiger partial charge in [-0.2, -0.15) is 4.31 Å². The second kappa shape index (κ2) is 5.75. The van der Waals surface area contributed by atoms with Crippen molar-refractivity contribution in [3.05, 3.63) is 28.2 Å². The molecule has 1 N–H and O–H groups in total. The minimum Gasteiger partial charge on any atom is -0.389 e. The molecule has 0 aromatic heterocycles. The quantitative estimate of drug-likeness (QED) is 0.896. The third kappa shape index (κ3) is 3.24. The van der Waals surface area contributed by atoms with Crippen LogP contribution in [0.5, 0.6) is 0 Å². The number of benzene rings is 1. The molecule has 20 heavy (non-hydrogen) atoms. The molecule has 0 saturated heterocycles. The normalized spacial score (nSPS) is 18.6. The first-order chi connectivity index (χ1) is 9.24. The average molecular weight is 362 g/mol. The van der Waals surface area contributed by atoms with Crippen LogP contribution >= 0.6 is 15.9 Å². The Labute approximate surface area is 129 Å². The molecule has 1 aromatic rings. The van der Waals surface area contributed by atoms with E-state index in [0.29, 0.717) is 18.4 Å². The van der Waals surface area contributed by atoms with Crippen molar-refractivity contribution in [2.24, 2.45) is 0 Å². The van der Waals surface area contributed by atoms with Gasteiger partial charge >= 0.3 is 0 Å². The summed E-state index contributed by atoms with van der Waals surface area (Å²) in [5.74, 6) is 0. The van der Waals surface area contributed by atoms with Gasteiger partial charge in [0.25, 0.3) is 0 Å². The SMILES string of the molecule is Cc1ccc(Br)cc1S(=O)(=O)N(C)CC1(O)CCCC1.